The third-order valence-electron chi connectivity index (χ3n) is 0. The average Bonchev–Trinajstić information content (AvgIpc) is 0.918. The normalized spacial score (nSPS) is 4.50. The van der Waals surface area contributed by atoms with E-state index < -0.39 is 0 Å². The van der Waals surface area contributed by atoms with E-state index in [1.165, 1.54) is 10.4 Å². The number of hydrogen-bond donors (Lipinski definition) is 2. The molecule has 0 bridgehead atoms. The van der Waals surface area contributed by atoms with E-state index in [0.29, 0.717) is 0 Å². The molecule has 0 atom stereocenters. The zero-order chi connectivity index (χ0) is 2.71. The van der Waals surface area contributed by atoms with Gasteiger partial charge < -0.3 is 0 Å². The molecule has 0 aromatic heterocycles. The summed E-state index contributed by atoms with van der Waals surface area (Å²) >= 11 is 0. The molecule has 0 rings (SSSR count). The van der Waals surface area contributed by atoms with Gasteiger partial charge in [-0.25, -0.2) is 0 Å². The first kappa shape index (κ1) is 8.85. The fourth-order valence-corrected chi connectivity index (χ4v) is 0. The van der Waals surface area contributed by atoms with Gasteiger partial charge in [-0.3, -0.25) is 10.9 Å². The second-order valence-electron chi connectivity index (χ2n) is 0.204. The Labute approximate surface area is 43.5 Å². The van der Waals surface area contributed by atoms with Gasteiger partial charge in [-0.05, 0) is 0 Å². The molecule has 4 heavy (non-hydrogen) atoms. The Morgan fingerprint density at radius 1 is 1.75 bits per heavy atom. The van der Waals surface area contributed by atoms with Gasteiger partial charge in [-0.15, -0.1) is 0 Å². The molecule has 0 saturated heterocycles. The minimum Gasteiger partial charge on any atom is -0.291 e. The molecule has 2 nitrogen and oxygen atoms in total. The maximum Gasteiger partial charge on any atom is 0.113 e. The molecular formula is H5N2SiTi. The topological polar surface area (TPSA) is 38.0 Å². The van der Waals surface area contributed by atoms with Crippen LogP contribution in [0, 0.1) is 0 Å². The van der Waals surface area contributed by atoms with Crippen molar-refractivity contribution in [1.82, 2.24) is 5.09 Å². The second-order valence-corrected chi connectivity index (χ2v) is 0.612. The van der Waals surface area contributed by atoms with Gasteiger partial charge in [0.25, 0.3) is 0 Å². The zero-order valence-electron chi connectivity index (χ0n) is 2.28. The van der Waals surface area contributed by atoms with E-state index >= 15 is 0 Å². The summed E-state index contributed by atoms with van der Waals surface area (Å²) in [7, 11) is 1.50. The molecule has 0 heterocycles. The molecule has 0 aliphatic heterocycles. The van der Waals surface area contributed by atoms with Crippen LogP contribution >= 0.6 is 0 Å². The van der Waals surface area contributed by atoms with E-state index in [-0.39, 0.29) is 21.7 Å². The third kappa shape index (κ3) is 13.5. The van der Waals surface area contributed by atoms with Gasteiger partial charge in [0.2, 0.25) is 0 Å². The summed E-state index contributed by atoms with van der Waals surface area (Å²) in [4.78, 5) is 0. The van der Waals surface area contributed by atoms with Crippen molar-refractivity contribution in [1.29, 1.82) is 0 Å². The maximum atomic E-state index is 4.61. The summed E-state index contributed by atoms with van der Waals surface area (Å²) in [6.45, 7) is 0. The van der Waals surface area contributed by atoms with Crippen molar-refractivity contribution in [2.75, 3.05) is 0 Å². The molecule has 0 fully saturated rings. The monoisotopic (exact) mass is 109 g/mol. The standard InChI is InChI=1S/H5N2Si.Ti/c1-2-3;/h2H,1,3H2;. The number of rotatable bonds is 0. The van der Waals surface area contributed by atoms with Crippen LogP contribution in [0.5, 0.6) is 0 Å². The molecule has 23 valence electrons. The number of hydrogen-bond acceptors (Lipinski definition) is 2. The molecule has 1 radical (unpaired) electrons. The van der Waals surface area contributed by atoms with Crippen LogP contribution in [-0.2, 0) is 21.7 Å². The smallest absolute Gasteiger partial charge is 0.113 e. The van der Waals surface area contributed by atoms with Crippen molar-refractivity contribution in [2.24, 2.45) is 5.84 Å². The minimum absolute atomic E-state index is 0. The first-order valence-corrected chi connectivity index (χ1v) is 1.35. The van der Waals surface area contributed by atoms with Gasteiger partial charge in [-0.2, -0.15) is 0 Å². The van der Waals surface area contributed by atoms with Crippen LogP contribution in [0.25, 0.3) is 0 Å². The van der Waals surface area contributed by atoms with Gasteiger partial charge in [0.05, 0.1) is 0 Å². The SMILES string of the molecule is NN[SiH2].[Ti]. The van der Waals surface area contributed by atoms with Crippen LogP contribution in [-0.4, -0.2) is 10.4 Å². The zero-order valence-corrected chi connectivity index (χ0v) is 5.26. The van der Waals surface area contributed by atoms with Crippen LogP contribution in [0.3, 0.4) is 0 Å². The van der Waals surface area contributed by atoms with Crippen LogP contribution in [0.15, 0.2) is 0 Å². The van der Waals surface area contributed by atoms with E-state index in [1.807, 2.05) is 0 Å². The van der Waals surface area contributed by atoms with Crippen molar-refractivity contribution < 1.29 is 21.7 Å². The Bertz CT molecular complexity index is 6.00. The van der Waals surface area contributed by atoms with Crippen molar-refractivity contribution >= 4 is 10.4 Å². The summed E-state index contributed by atoms with van der Waals surface area (Å²) in [5.74, 6) is 4.61. The molecule has 0 aliphatic rings. The Hall–Kier alpha value is 0.851. The second kappa shape index (κ2) is 9.14. The van der Waals surface area contributed by atoms with Crippen molar-refractivity contribution in [3.8, 4) is 0 Å². The molecule has 0 aromatic carbocycles. The third-order valence-corrected chi connectivity index (χ3v) is 0. The van der Waals surface area contributed by atoms with Crippen LogP contribution < -0.4 is 10.9 Å². The number of hydrazine groups is 1. The van der Waals surface area contributed by atoms with E-state index in [1.54, 1.807) is 0 Å². The predicted molar refractivity (Wildman–Crippen MR) is 15.9 cm³/mol. The molecule has 4 heteroatoms. The van der Waals surface area contributed by atoms with Gasteiger partial charge >= 0.3 is 0 Å². The van der Waals surface area contributed by atoms with E-state index in [2.05, 4.69) is 10.9 Å². The molecular weight excluding hydrogens is 104 g/mol. The van der Waals surface area contributed by atoms with Gasteiger partial charge in [0.15, 0.2) is 0 Å². The maximum absolute atomic E-state index is 4.61. The quantitative estimate of drug-likeness (QED) is 0.214. The Morgan fingerprint density at radius 2 is 1.75 bits per heavy atom. The van der Waals surface area contributed by atoms with Crippen LogP contribution in [0.1, 0.15) is 0 Å². The Balaban J connectivity index is 0. The van der Waals surface area contributed by atoms with E-state index in [4.69, 9.17) is 0 Å². The number of nitrogens with one attached hydrogen (secondary N) is 1. The summed E-state index contributed by atoms with van der Waals surface area (Å²) in [5, 5.41) is 2.28. The fraction of sp³-hybridized carbons (Fsp3) is 0. The summed E-state index contributed by atoms with van der Waals surface area (Å²) in [6.07, 6.45) is 0. The number of nitrogens with two attached hydrogens (primary N) is 1. The fourth-order valence-electron chi connectivity index (χ4n) is 0. The molecule has 0 spiro atoms. The predicted octanol–water partition coefficient (Wildman–Crippen LogP) is -2.00. The minimum atomic E-state index is 0. The van der Waals surface area contributed by atoms with E-state index in [9.17, 15) is 0 Å². The first-order valence-electron chi connectivity index (χ1n) is 0.642. The van der Waals surface area contributed by atoms with Gasteiger partial charge in [0.1, 0.15) is 10.4 Å². The molecule has 0 saturated carbocycles. The van der Waals surface area contributed by atoms with Crippen molar-refractivity contribution in [3.63, 3.8) is 0 Å². The van der Waals surface area contributed by atoms with Crippen LogP contribution in [0.2, 0.25) is 0 Å². The molecule has 0 aliphatic carbocycles. The van der Waals surface area contributed by atoms with Gasteiger partial charge in [0, 0.05) is 21.7 Å². The average molecular weight is 109 g/mol. The Morgan fingerprint density at radius 3 is 1.75 bits per heavy atom. The van der Waals surface area contributed by atoms with Crippen molar-refractivity contribution in [2.45, 2.75) is 0 Å². The molecule has 0 unspecified atom stereocenters. The molecule has 0 amide bonds. The van der Waals surface area contributed by atoms with Crippen LogP contribution in [0.4, 0.5) is 0 Å². The van der Waals surface area contributed by atoms with Gasteiger partial charge in [-0.1, -0.05) is 0 Å². The summed E-state index contributed by atoms with van der Waals surface area (Å²) in [6, 6.07) is 0. The first-order chi connectivity index (χ1) is 1.41. The Kier molecular flexibility index (Phi) is 20.2. The largest absolute Gasteiger partial charge is 0.291 e. The van der Waals surface area contributed by atoms with E-state index in [0.717, 1.165) is 0 Å². The summed E-state index contributed by atoms with van der Waals surface area (Å²) < 4.78 is 0. The van der Waals surface area contributed by atoms with Crippen molar-refractivity contribution in [3.05, 3.63) is 0 Å². The molecule has 0 aromatic rings. The molecule has 3 N–H and O–H groups in total. The summed E-state index contributed by atoms with van der Waals surface area (Å²) in [5.41, 5.74) is 0.